The van der Waals surface area contributed by atoms with Crippen LogP contribution in [0.4, 0.5) is 5.69 Å². The molecule has 1 fully saturated rings. The van der Waals surface area contributed by atoms with Crippen molar-refractivity contribution in [2.24, 2.45) is 11.8 Å². The summed E-state index contributed by atoms with van der Waals surface area (Å²) < 4.78 is 6.32. The zero-order chi connectivity index (χ0) is 24.6. The summed E-state index contributed by atoms with van der Waals surface area (Å²) in [7, 11) is 0. The molecule has 0 aliphatic heterocycles. The van der Waals surface area contributed by atoms with Crippen molar-refractivity contribution in [2.45, 2.75) is 97.5 Å². The van der Waals surface area contributed by atoms with E-state index < -0.39 is 5.60 Å². The molecule has 2 N–H and O–H groups in total. The number of rotatable bonds is 15. The van der Waals surface area contributed by atoms with E-state index in [4.69, 9.17) is 4.74 Å². The molecule has 1 aliphatic carbocycles. The number of hydrogen-bond acceptors (Lipinski definition) is 3. The van der Waals surface area contributed by atoms with Gasteiger partial charge in [-0.2, -0.15) is 0 Å². The van der Waals surface area contributed by atoms with Gasteiger partial charge in [-0.15, -0.1) is 0 Å². The lowest BCUT2D eigenvalue weighted by Crippen LogP contribution is -2.20. The normalized spacial score (nSPS) is 15.7. The standard InChI is InChI=1S/C31H47NO2/c1-6-9-24(22-34-28-11-8-10-27(21-28)29(7-2)25-14-15-25)17-19-32-30-20-23(3)12-13-26(30)16-18-31(4,5)33/h8,10-13,20-21,24-25,29,32-33H,6-7,9,14-19,22H2,1-5H3. The summed E-state index contributed by atoms with van der Waals surface area (Å²) in [5.74, 6) is 3.14. The van der Waals surface area contributed by atoms with Crippen molar-refractivity contribution < 1.29 is 9.84 Å². The Morgan fingerprint density at radius 1 is 1.09 bits per heavy atom. The van der Waals surface area contributed by atoms with Crippen LogP contribution in [0.1, 0.15) is 95.2 Å². The van der Waals surface area contributed by atoms with Gasteiger partial charge in [0.2, 0.25) is 0 Å². The SMILES string of the molecule is CCCC(CCNc1cc(C)ccc1CCC(C)(C)O)COc1cccc(C(CC)C2CC2)c1. The average molecular weight is 466 g/mol. The predicted octanol–water partition coefficient (Wildman–Crippen LogP) is 7.90. The minimum atomic E-state index is -0.640. The Bertz CT molecular complexity index is 881. The van der Waals surface area contributed by atoms with E-state index in [1.807, 2.05) is 13.8 Å². The smallest absolute Gasteiger partial charge is 0.119 e. The van der Waals surface area contributed by atoms with Crippen LogP contribution in [0.15, 0.2) is 42.5 Å². The van der Waals surface area contributed by atoms with E-state index in [9.17, 15) is 5.11 Å². The van der Waals surface area contributed by atoms with Crippen LogP contribution in [-0.2, 0) is 6.42 Å². The highest BCUT2D eigenvalue weighted by atomic mass is 16.5. The zero-order valence-electron chi connectivity index (χ0n) is 22.2. The summed E-state index contributed by atoms with van der Waals surface area (Å²) in [6, 6.07) is 15.5. The average Bonchev–Trinajstić information content (AvgIpc) is 3.62. The van der Waals surface area contributed by atoms with E-state index in [-0.39, 0.29) is 0 Å². The fourth-order valence-electron chi connectivity index (χ4n) is 5.03. The molecule has 0 amide bonds. The molecule has 3 nitrogen and oxygen atoms in total. The van der Waals surface area contributed by atoms with Crippen molar-refractivity contribution in [3.05, 3.63) is 59.2 Å². The van der Waals surface area contributed by atoms with E-state index >= 15 is 0 Å². The molecule has 2 aromatic carbocycles. The molecule has 1 saturated carbocycles. The van der Waals surface area contributed by atoms with Gasteiger partial charge >= 0.3 is 0 Å². The summed E-state index contributed by atoms with van der Waals surface area (Å²) in [6.45, 7) is 12.2. The van der Waals surface area contributed by atoms with Crippen LogP contribution < -0.4 is 10.1 Å². The molecular formula is C31H47NO2. The molecule has 34 heavy (non-hydrogen) atoms. The topological polar surface area (TPSA) is 41.5 Å². The van der Waals surface area contributed by atoms with Gasteiger partial charge in [0.15, 0.2) is 0 Å². The van der Waals surface area contributed by atoms with Crippen LogP contribution in [0.3, 0.4) is 0 Å². The molecule has 0 aromatic heterocycles. The van der Waals surface area contributed by atoms with Crippen LogP contribution in [0.25, 0.3) is 0 Å². The molecule has 3 rings (SSSR count). The lowest BCUT2D eigenvalue weighted by Gasteiger charge is -2.21. The Morgan fingerprint density at radius 3 is 2.56 bits per heavy atom. The molecule has 0 radical (unpaired) electrons. The zero-order valence-corrected chi connectivity index (χ0v) is 22.2. The highest BCUT2D eigenvalue weighted by Gasteiger charge is 2.31. The monoisotopic (exact) mass is 465 g/mol. The first-order valence-corrected chi connectivity index (χ1v) is 13.6. The number of aryl methyl sites for hydroxylation is 2. The van der Waals surface area contributed by atoms with E-state index in [0.717, 1.165) is 44.1 Å². The Labute approximate surface area is 208 Å². The number of benzene rings is 2. The second kappa shape index (κ2) is 12.6. The molecule has 3 heteroatoms. The first kappa shape index (κ1) is 26.6. The maximum absolute atomic E-state index is 10.1. The summed E-state index contributed by atoms with van der Waals surface area (Å²) >= 11 is 0. The van der Waals surface area contributed by atoms with Gasteiger partial charge in [0.25, 0.3) is 0 Å². The molecule has 0 spiro atoms. The van der Waals surface area contributed by atoms with Crippen LogP contribution in [-0.4, -0.2) is 23.9 Å². The molecule has 2 unspecified atom stereocenters. The van der Waals surface area contributed by atoms with Gasteiger partial charge in [0, 0.05) is 12.2 Å². The highest BCUT2D eigenvalue weighted by molar-refractivity contribution is 5.53. The van der Waals surface area contributed by atoms with Gasteiger partial charge in [-0.25, -0.2) is 0 Å². The van der Waals surface area contributed by atoms with Crippen molar-refractivity contribution in [3.8, 4) is 5.75 Å². The minimum Gasteiger partial charge on any atom is -0.493 e. The minimum absolute atomic E-state index is 0.538. The van der Waals surface area contributed by atoms with Crippen LogP contribution in [0.2, 0.25) is 0 Å². The molecule has 0 heterocycles. The van der Waals surface area contributed by atoms with Crippen molar-refractivity contribution in [3.63, 3.8) is 0 Å². The molecule has 0 saturated heterocycles. The molecule has 1 aliphatic rings. The van der Waals surface area contributed by atoms with Gasteiger partial charge in [-0.1, -0.05) is 44.5 Å². The molecule has 2 aromatic rings. The van der Waals surface area contributed by atoms with Gasteiger partial charge in [-0.05, 0) is 118 Å². The first-order valence-electron chi connectivity index (χ1n) is 13.6. The van der Waals surface area contributed by atoms with E-state index in [0.29, 0.717) is 11.8 Å². The summed E-state index contributed by atoms with van der Waals surface area (Å²) in [6.07, 6.45) is 9.07. The maximum atomic E-state index is 10.1. The van der Waals surface area contributed by atoms with E-state index in [1.165, 1.54) is 54.5 Å². The number of anilines is 1. The molecule has 0 bridgehead atoms. The lowest BCUT2D eigenvalue weighted by molar-refractivity contribution is 0.0714. The quantitative estimate of drug-likeness (QED) is 0.281. The fourth-order valence-corrected chi connectivity index (χ4v) is 5.03. The highest BCUT2D eigenvalue weighted by Crippen LogP contribution is 2.44. The first-order chi connectivity index (χ1) is 16.3. The Hall–Kier alpha value is -2.00. The molecular weight excluding hydrogens is 418 g/mol. The van der Waals surface area contributed by atoms with Crippen LogP contribution >= 0.6 is 0 Å². The van der Waals surface area contributed by atoms with Gasteiger partial charge in [0.05, 0.1) is 12.2 Å². The van der Waals surface area contributed by atoms with Gasteiger partial charge in [-0.3, -0.25) is 0 Å². The molecule has 188 valence electrons. The van der Waals surface area contributed by atoms with Crippen LogP contribution in [0, 0.1) is 18.8 Å². The van der Waals surface area contributed by atoms with Crippen molar-refractivity contribution in [2.75, 3.05) is 18.5 Å². The van der Waals surface area contributed by atoms with Crippen LogP contribution in [0.5, 0.6) is 5.75 Å². The van der Waals surface area contributed by atoms with Crippen molar-refractivity contribution >= 4 is 5.69 Å². The largest absolute Gasteiger partial charge is 0.493 e. The Kier molecular flexibility index (Phi) is 9.88. The number of ether oxygens (including phenoxy) is 1. The summed E-state index contributed by atoms with van der Waals surface area (Å²) in [5.41, 5.74) is 4.57. The van der Waals surface area contributed by atoms with Gasteiger partial charge < -0.3 is 15.2 Å². The second-order valence-corrected chi connectivity index (χ2v) is 11.1. The maximum Gasteiger partial charge on any atom is 0.119 e. The fraction of sp³-hybridized carbons (Fsp3) is 0.613. The van der Waals surface area contributed by atoms with Crippen molar-refractivity contribution in [1.29, 1.82) is 0 Å². The third-order valence-electron chi connectivity index (χ3n) is 7.24. The Balaban J connectivity index is 1.54. The third-order valence-corrected chi connectivity index (χ3v) is 7.24. The number of nitrogens with one attached hydrogen (secondary N) is 1. The molecule has 2 atom stereocenters. The summed E-state index contributed by atoms with van der Waals surface area (Å²) in [5, 5.41) is 13.8. The lowest BCUT2D eigenvalue weighted by atomic mass is 9.92. The number of hydrogen-bond donors (Lipinski definition) is 2. The third kappa shape index (κ3) is 8.65. The van der Waals surface area contributed by atoms with Gasteiger partial charge in [0.1, 0.15) is 5.75 Å². The van der Waals surface area contributed by atoms with E-state index in [2.05, 4.69) is 68.6 Å². The predicted molar refractivity (Wildman–Crippen MR) is 145 cm³/mol. The Morgan fingerprint density at radius 2 is 1.88 bits per heavy atom. The second-order valence-electron chi connectivity index (χ2n) is 11.1. The number of aliphatic hydroxyl groups is 1. The summed E-state index contributed by atoms with van der Waals surface area (Å²) in [4.78, 5) is 0. The van der Waals surface area contributed by atoms with Crippen molar-refractivity contribution in [1.82, 2.24) is 0 Å². The van der Waals surface area contributed by atoms with E-state index in [1.54, 1.807) is 0 Å².